The van der Waals surface area contributed by atoms with Crippen LogP contribution in [0.2, 0.25) is 0 Å². The molecule has 0 aliphatic rings. The number of benzene rings is 3. The Kier molecular flexibility index (Phi) is 3.85. The van der Waals surface area contributed by atoms with Crippen LogP contribution in [-0.2, 0) is 0 Å². The molecule has 0 bridgehead atoms. The number of hydrogen-bond acceptors (Lipinski definition) is 0. The predicted molar refractivity (Wildman–Crippen MR) is 96.3 cm³/mol. The summed E-state index contributed by atoms with van der Waals surface area (Å²) in [4.78, 5) is 0. The lowest BCUT2D eigenvalue weighted by Gasteiger charge is -2.08. The quantitative estimate of drug-likeness (QED) is 0.522. The molecule has 22 heavy (non-hydrogen) atoms. The maximum atomic E-state index is 2.26. The van der Waals surface area contributed by atoms with Crippen molar-refractivity contribution in [1.82, 2.24) is 0 Å². The molecule has 3 aromatic carbocycles. The van der Waals surface area contributed by atoms with Crippen LogP contribution < -0.4 is 0 Å². The van der Waals surface area contributed by atoms with Gasteiger partial charge in [-0.25, -0.2) is 0 Å². The lowest BCUT2D eigenvalue weighted by molar-refractivity contribution is 1.34. The average Bonchev–Trinajstić information content (AvgIpc) is 2.53. The SMILES string of the molecule is Cc1ccc(-c2ccc(-c3ccc(C)c(C)c3)cc2)cc1C. The highest BCUT2D eigenvalue weighted by atomic mass is 14.1. The Morgan fingerprint density at radius 1 is 0.364 bits per heavy atom. The summed E-state index contributed by atoms with van der Waals surface area (Å²) in [6.45, 7) is 8.65. The first kappa shape index (κ1) is 14.6. The molecule has 0 heterocycles. The molecule has 0 saturated carbocycles. The van der Waals surface area contributed by atoms with E-state index in [9.17, 15) is 0 Å². The maximum Gasteiger partial charge on any atom is -0.0181 e. The molecule has 0 aromatic heterocycles. The van der Waals surface area contributed by atoms with E-state index in [1.54, 1.807) is 0 Å². The maximum absolute atomic E-state index is 2.26. The first-order chi connectivity index (χ1) is 10.5. The van der Waals surface area contributed by atoms with Crippen LogP contribution in [0.3, 0.4) is 0 Å². The molecule has 0 unspecified atom stereocenters. The van der Waals surface area contributed by atoms with Gasteiger partial charge in [0.2, 0.25) is 0 Å². The molecule has 0 N–H and O–H groups in total. The highest BCUT2D eigenvalue weighted by molar-refractivity contribution is 5.71. The lowest BCUT2D eigenvalue weighted by Crippen LogP contribution is -1.85. The van der Waals surface area contributed by atoms with Crippen LogP contribution in [0.25, 0.3) is 22.3 Å². The van der Waals surface area contributed by atoms with Gasteiger partial charge in [-0.05, 0) is 72.2 Å². The highest BCUT2D eigenvalue weighted by Gasteiger charge is 2.03. The third-order valence-electron chi connectivity index (χ3n) is 4.57. The van der Waals surface area contributed by atoms with E-state index in [1.807, 2.05) is 0 Å². The molecule has 0 spiro atoms. The Bertz CT molecular complexity index is 737. The van der Waals surface area contributed by atoms with Gasteiger partial charge in [0.25, 0.3) is 0 Å². The van der Waals surface area contributed by atoms with Crippen LogP contribution in [0.15, 0.2) is 60.7 Å². The van der Waals surface area contributed by atoms with Gasteiger partial charge < -0.3 is 0 Å². The van der Waals surface area contributed by atoms with Gasteiger partial charge in [0.1, 0.15) is 0 Å². The van der Waals surface area contributed by atoms with Gasteiger partial charge in [0.15, 0.2) is 0 Å². The van der Waals surface area contributed by atoms with E-state index in [2.05, 4.69) is 88.4 Å². The Labute approximate surface area is 133 Å². The van der Waals surface area contributed by atoms with E-state index >= 15 is 0 Å². The van der Waals surface area contributed by atoms with Crippen LogP contribution in [0.5, 0.6) is 0 Å². The van der Waals surface area contributed by atoms with E-state index in [0.717, 1.165) is 0 Å². The summed E-state index contributed by atoms with van der Waals surface area (Å²) in [6.07, 6.45) is 0. The van der Waals surface area contributed by atoms with Gasteiger partial charge in [0, 0.05) is 0 Å². The third-order valence-corrected chi connectivity index (χ3v) is 4.57. The van der Waals surface area contributed by atoms with Crippen molar-refractivity contribution in [3.63, 3.8) is 0 Å². The van der Waals surface area contributed by atoms with Gasteiger partial charge in [-0.1, -0.05) is 60.7 Å². The van der Waals surface area contributed by atoms with Crippen LogP contribution in [0.1, 0.15) is 22.3 Å². The van der Waals surface area contributed by atoms with Crippen molar-refractivity contribution >= 4 is 0 Å². The van der Waals surface area contributed by atoms with Crippen molar-refractivity contribution in [2.75, 3.05) is 0 Å². The van der Waals surface area contributed by atoms with Crippen LogP contribution in [-0.4, -0.2) is 0 Å². The summed E-state index contributed by atoms with van der Waals surface area (Å²) < 4.78 is 0. The highest BCUT2D eigenvalue weighted by Crippen LogP contribution is 2.27. The summed E-state index contributed by atoms with van der Waals surface area (Å²) in [5.74, 6) is 0. The summed E-state index contributed by atoms with van der Waals surface area (Å²) in [5, 5.41) is 0. The second kappa shape index (κ2) is 5.81. The van der Waals surface area contributed by atoms with Crippen molar-refractivity contribution in [1.29, 1.82) is 0 Å². The molecule has 0 radical (unpaired) electrons. The zero-order valence-corrected chi connectivity index (χ0v) is 13.8. The molecule has 0 nitrogen and oxygen atoms in total. The fourth-order valence-electron chi connectivity index (χ4n) is 2.70. The van der Waals surface area contributed by atoms with Gasteiger partial charge in [-0.3, -0.25) is 0 Å². The Hall–Kier alpha value is -2.34. The van der Waals surface area contributed by atoms with E-state index in [1.165, 1.54) is 44.5 Å². The number of hydrogen-bond donors (Lipinski definition) is 0. The average molecular weight is 286 g/mol. The number of aryl methyl sites for hydroxylation is 4. The Balaban J connectivity index is 1.95. The fraction of sp³-hybridized carbons (Fsp3) is 0.182. The van der Waals surface area contributed by atoms with E-state index < -0.39 is 0 Å². The van der Waals surface area contributed by atoms with Gasteiger partial charge in [-0.15, -0.1) is 0 Å². The molecule has 0 saturated heterocycles. The van der Waals surface area contributed by atoms with Crippen molar-refractivity contribution < 1.29 is 0 Å². The zero-order chi connectivity index (χ0) is 15.7. The summed E-state index contributed by atoms with van der Waals surface area (Å²) in [6, 6.07) is 22.2. The normalized spacial score (nSPS) is 10.7. The van der Waals surface area contributed by atoms with E-state index in [-0.39, 0.29) is 0 Å². The fourth-order valence-corrected chi connectivity index (χ4v) is 2.70. The molecule has 0 atom stereocenters. The minimum atomic E-state index is 1.27. The second-order valence-corrected chi connectivity index (χ2v) is 6.18. The molecule has 0 aliphatic heterocycles. The first-order valence-electron chi connectivity index (χ1n) is 7.80. The van der Waals surface area contributed by atoms with Crippen molar-refractivity contribution in [3.05, 3.63) is 82.9 Å². The molecule has 0 amide bonds. The zero-order valence-electron chi connectivity index (χ0n) is 13.8. The van der Waals surface area contributed by atoms with E-state index in [0.29, 0.717) is 0 Å². The van der Waals surface area contributed by atoms with Gasteiger partial charge >= 0.3 is 0 Å². The monoisotopic (exact) mass is 286 g/mol. The Morgan fingerprint density at radius 2 is 0.682 bits per heavy atom. The van der Waals surface area contributed by atoms with Crippen molar-refractivity contribution in [3.8, 4) is 22.3 Å². The molecular weight excluding hydrogens is 264 g/mol. The standard InChI is InChI=1S/C22H22/c1-15-5-7-21(13-17(15)3)19-9-11-20(12-10-19)22-8-6-16(2)18(4)14-22/h5-14H,1-4H3. The van der Waals surface area contributed by atoms with E-state index in [4.69, 9.17) is 0 Å². The molecule has 110 valence electrons. The largest absolute Gasteiger partial charge is 0.0584 e. The molecule has 3 rings (SSSR count). The van der Waals surface area contributed by atoms with Gasteiger partial charge in [-0.2, -0.15) is 0 Å². The topological polar surface area (TPSA) is 0 Å². The molecule has 0 heteroatoms. The summed E-state index contributed by atoms with van der Waals surface area (Å²) in [7, 11) is 0. The smallest absolute Gasteiger partial charge is 0.0181 e. The minimum absolute atomic E-state index is 1.27. The Morgan fingerprint density at radius 3 is 1.00 bits per heavy atom. The molecule has 3 aromatic rings. The van der Waals surface area contributed by atoms with Gasteiger partial charge in [0.05, 0.1) is 0 Å². The molecular formula is C22H22. The lowest BCUT2D eigenvalue weighted by atomic mass is 9.96. The minimum Gasteiger partial charge on any atom is -0.0584 e. The van der Waals surface area contributed by atoms with Crippen molar-refractivity contribution in [2.45, 2.75) is 27.7 Å². The molecule has 0 aliphatic carbocycles. The third kappa shape index (κ3) is 2.82. The van der Waals surface area contributed by atoms with Crippen LogP contribution in [0, 0.1) is 27.7 Å². The molecule has 0 fully saturated rings. The van der Waals surface area contributed by atoms with Crippen molar-refractivity contribution in [2.24, 2.45) is 0 Å². The summed E-state index contributed by atoms with van der Waals surface area (Å²) in [5.41, 5.74) is 10.5. The van der Waals surface area contributed by atoms with Crippen LogP contribution in [0.4, 0.5) is 0 Å². The second-order valence-electron chi connectivity index (χ2n) is 6.18. The summed E-state index contributed by atoms with van der Waals surface area (Å²) >= 11 is 0. The van der Waals surface area contributed by atoms with Crippen LogP contribution >= 0.6 is 0 Å². The predicted octanol–water partition coefficient (Wildman–Crippen LogP) is 6.25. The number of rotatable bonds is 2. The first-order valence-corrected chi connectivity index (χ1v) is 7.80.